The first-order valence-corrected chi connectivity index (χ1v) is 16.5. The third-order valence-corrected chi connectivity index (χ3v) is 9.78. The third-order valence-electron chi connectivity index (χ3n) is 9.78. The van der Waals surface area contributed by atoms with Crippen LogP contribution in [-0.4, -0.2) is 65.6 Å². The van der Waals surface area contributed by atoms with Crippen LogP contribution >= 0.6 is 0 Å². The second-order valence-electron chi connectivity index (χ2n) is 13.9. The van der Waals surface area contributed by atoms with Crippen LogP contribution in [0.15, 0.2) is 42.5 Å². The molecule has 1 atom stereocenters. The molecule has 6 rings (SSSR count). The van der Waals surface area contributed by atoms with Gasteiger partial charge in [0, 0.05) is 32.1 Å². The van der Waals surface area contributed by atoms with Gasteiger partial charge in [0.25, 0.3) is 0 Å². The molecule has 0 N–H and O–H groups in total. The number of fused-ring (bicyclic) bond motifs is 4. The molecule has 1 aliphatic carbocycles. The fourth-order valence-corrected chi connectivity index (χ4v) is 7.80. The van der Waals surface area contributed by atoms with Crippen molar-refractivity contribution in [3.05, 3.63) is 53.6 Å². The van der Waals surface area contributed by atoms with Crippen molar-refractivity contribution in [1.82, 2.24) is 4.90 Å². The predicted octanol–water partition coefficient (Wildman–Crippen LogP) is 7.28. The lowest BCUT2D eigenvalue weighted by molar-refractivity contribution is -0.434. The van der Waals surface area contributed by atoms with E-state index in [0.29, 0.717) is 23.5 Å². The SMILES string of the molecule is CC(=O)Oc1ccc2c(c1)[N+]1=C(c3ccccc3N(CCC3CCN(C(=O)OC(C)(C)C)CC3)CC1)C2C1CCCCC1. The van der Waals surface area contributed by atoms with Crippen LogP contribution < -0.4 is 9.64 Å². The van der Waals surface area contributed by atoms with Crippen LogP contribution in [0.2, 0.25) is 0 Å². The molecule has 230 valence electrons. The molecule has 0 aromatic heterocycles. The van der Waals surface area contributed by atoms with E-state index in [0.717, 1.165) is 52.0 Å². The van der Waals surface area contributed by atoms with Gasteiger partial charge < -0.3 is 19.3 Å². The van der Waals surface area contributed by atoms with E-state index in [2.05, 4.69) is 45.9 Å². The van der Waals surface area contributed by atoms with Gasteiger partial charge in [0.1, 0.15) is 11.4 Å². The van der Waals surface area contributed by atoms with E-state index in [1.807, 2.05) is 31.7 Å². The van der Waals surface area contributed by atoms with E-state index in [1.54, 1.807) is 0 Å². The third kappa shape index (κ3) is 6.46. The Hall–Kier alpha value is -3.35. The summed E-state index contributed by atoms with van der Waals surface area (Å²) in [5.74, 6) is 1.93. The second-order valence-corrected chi connectivity index (χ2v) is 13.9. The second kappa shape index (κ2) is 12.3. The van der Waals surface area contributed by atoms with Crippen LogP contribution in [-0.2, 0) is 9.53 Å². The molecular weight excluding hydrogens is 538 g/mol. The van der Waals surface area contributed by atoms with E-state index < -0.39 is 5.60 Å². The number of carbonyl (C=O) groups is 2. The number of anilines is 1. The molecular formula is C36H48N3O4+. The molecule has 0 bridgehead atoms. The molecule has 43 heavy (non-hydrogen) atoms. The van der Waals surface area contributed by atoms with Crippen molar-refractivity contribution < 1.29 is 23.6 Å². The number of carbonyl (C=O) groups excluding carboxylic acids is 2. The van der Waals surface area contributed by atoms with E-state index >= 15 is 0 Å². The van der Waals surface area contributed by atoms with Crippen molar-refractivity contribution >= 4 is 29.1 Å². The van der Waals surface area contributed by atoms with Crippen LogP contribution in [0.1, 0.15) is 96.1 Å². The van der Waals surface area contributed by atoms with E-state index in [4.69, 9.17) is 9.47 Å². The van der Waals surface area contributed by atoms with Crippen molar-refractivity contribution in [2.45, 2.75) is 90.6 Å². The van der Waals surface area contributed by atoms with Gasteiger partial charge >= 0.3 is 12.1 Å². The van der Waals surface area contributed by atoms with Gasteiger partial charge in [-0.25, -0.2) is 4.79 Å². The highest BCUT2D eigenvalue weighted by molar-refractivity contribution is 6.09. The first-order valence-electron chi connectivity index (χ1n) is 16.5. The maximum Gasteiger partial charge on any atom is 0.410 e. The number of likely N-dealkylation sites (tertiary alicyclic amines) is 1. The van der Waals surface area contributed by atoms with Crippen molar-refractivity contribution in [1.29, 1.82) is 0 Å². The van der Waals surface area contributed by atoms with Gasteiger partial charge in [-0.1, -0.05) is 31.4 Å². The quantitative estimate of drug-likeness (QED) is 0.209. The largest absolute Gasteiger partial charge is 0.444 e. The average Bonchev–Trinajstić information content (AvgIpc) is 3.20. The van der Waals surface area contributed by atoms with Crippen molar-refractivity contribution in [2.24, 2.45) is 11.8 Å². The first-order chi connectivity index (χ1) is 20.7. The Kier molecular flexibility index (Phi) is 8.52. The Morgan fingerprint density at radius 2 is 1.70 bits per heavy atom. The van der Waals surface area contributed by atoms with Gasteiger partial charge in [-0.2, -0.15) is 4.58 Å². The summed E-state index contributed by atoms with van der Waals surface area (Å²) in [6.07, 6.45) is 9.44. The van der Waals surface area contributed by atoms with E-state index in [1.165, 1.54) is 67.2 Å². The number of benzene rings is 2. The topological polar surface area (TPSA) is 62.1 Å². The average molecular weight is 587 g/mol. The molecule has 2 aromatic carbocycles. The minimum atomic E-state index is -0.459. The zero-order valence-corrected chi connectivity index (χ0v) is 26.4. The molecule has 3 heterocycles. The van der Waals surface area contributed by atoms with Crippen LogP contribution in [0.4, 0.5) is 16.2 Å². The zero-order chi connectivity index (χ0) is 30.1. The number of rotatable bonds is 5. The number of piperidine rings is 1. The number of amides is 1. The van der Waals surface area contributed by atoms with Crippen molar-refractivity contribution in [3.63, 3.8) is 0 Å². The Bertz CT molecular complexity index is 1380. The van der Waals surface area contributed by atoms with E-state index in [9.17, 15) is 9.59 Å². The molecule has 2 fully saturated rings. The lowest BCUT2D eigenvalue weighted by Crippen LogP contribution is -2.42. The molecule has 1 saturated carbocycles. The van der Waals surface area contributed by atoms with Crippen LogP contribution in [0.3, 0.4) is 0 Å². The Morgan fingerprint density at radius 1 is 0.953 bits per heavy atom. The Labute approximate surface area is 256 Å². The number of nitrogens with zero attached hydrogens (tertiary/aromatic N) is 3. The zero-order valence-electron chi connectivity index (χ0n) is 26.4. The maximum atomic E-state index is 12.6. The van der Waals surface area contributed by atoms with Gasteiger partial charge in [0.05, 0.1) is 29.8 Å². The number of hydrogen-bond donors (Lipinski definition) is 0. The molecule has 7 nitrogen and oxygen atoms in total. The van der Waals surface area contributed by atoms with Gasteiger partial charge in [-0.15, -0.1) is 0 Å². The highest BCUT2D eigenvalue weighted by Crippen LogP contribution is 2.49. The maximum absolute atomic E-state index is 12.6. The summed E-state index contributed by atoms with van der Waals surface area (Å²) in [5, 5.41) is 0. The lowest BCUT2D eigenvalue weighted by Gasteiger charge is -2.34. The Balaban J connectivity index is 1.22. The summed E-state index contributed by atoms with van der Waals surface area (Å²) in [6.45, 7) is 11.6. The summed E-state index contributed by atoms with van der Waals surface area (Å²) in [7, 11) is 0. The number of ether oxygens (including phenoxy) is 2. The normalized spacial score (nSPS) is 21.2. The summed E-state index contributed by atoms with van der Waals surface area (Å²) in [4.78, 5) is 28.8. The fraction of sp³-hybridized carbons (Fsp3) is 0.583. The fourth-order valence-electron chi connectivity index (χ4n) is 7.80. The first kappa shape index (κ1) is 29.7. The van der Waals surface area contributed by atoms with Gasteiger partial charge in [0.15, 0.2) is 12.3 Å². The summed E-state index contributed by atoms with van der Waals surface area (Å²) >= 11 is 0. The van der Waals surface area contributed by atoms with Gasteiger partial charge in [-0.05, 0) is 89.0 Å². The predicted molar refractivity (Wildman–Crippen MR) is 170 cm³/mol. The molecule has 0 radical (unpaired) electrons. The standard InChI is InChI=1S/C36H48N3O4/c1-25(40)42-28-14-15-29-32(24-28)39-23-22-37(19-16-26-17-20-38(21-18-26)35(41)43-36(2,3)4)31-13-9-8-12-30(31)34(39)33(29)27-10-6-5-7-11-27/h8-9,12-15,24,26-27,33H,5-7,10-11,16-23H2,1-4H3/q+1. The van der Waals surface area contributed by atoms with Gasteiger partial charge in [-0.3, -0.25) is 4.79 Å². The number of esters is 1. The summed E-state index contributed by atoms with van der Waals surface area (Å²) in [6, 6.07) is 15.3. The molecule has 0 spiro atoms. The van der Waals surface area contributed by atoms with E-state index in [-0.39, 0.29) is 12.1 Å². The molecule has 3 aliphatic heterocycles. The highest BCUT2D eigenvalue weighted by atomic mass is 16.6. The number of para-hydroxylation sites is 1. The lowest BCUT2D eigenvalue weighted by atomic mass is 9.74. The molecule has 1 unspecified atom stereocenters. The minimum absolute atomic E-state index is 0.185. The molecule has 7 heteroatoms. The van der Waals surface area contributed by atoms with Gasteiger partial charge in [0.2, 0.25) is 5.69 Å². The molecule has 4 aliphatic rings. The molecule has 1 amide bonds. The summed E-state index contributed by atoms with van der Waals surface area (Å²) < 4.78 is 13.7. The number of hydrogen-bond acceptors (Lipinski definition) is 5. The van der Waals surface area contributed by atoms with Crippen molar-refractivity contribution in [3.8, 4) is 5.75 Å². The van der Waals surface area contributed by atoms with Crippen LogP contribution in [0.25, 0.3) is 0 Å². The van der Waals surface area contributed by atoms with Crippen molar-refractivity contribution in [2.75, 3.05) is 37.6 Å². The van der Waals surface area contributed by atoms with Crippen LogP contribution in [0, 0.1) is 11.8 Å². The minimum Gasteiger partial charge on any atom is -0.444 e. The monoisotopic (exact) mass is 586 g/mol. The molecule has 1 saturated heterocycles. The Morgan fingerprint density at radius 3 is 2.42 bits per heavy atom. The summed E-state index contributed by atoms with van der Waals surface area (Å²) in [5.41, 5.74) is 6.25. The van der Waals surface area contributed by atoms with Crippen LogP contribution in [0.5, 0.6) is 5.75 Å². The highest BCUT2D eigenvalue weighted by Gasteiger charge is 2.46. The molecule has 2 aromatic rings. The smallest absolute Gasteiger partial charge is 0.410 e.